The predicted octanol–water partition coefficient (Wildman–Crippen LogP) is 4.69. The molecule has 1 aliphatic rings. The van der Waals surface area contributed by atoms with Gasteiger partial charge in [0.1, 0.15) is 5.70 Å². The van der Waals surface area contributed by atoms with Crippen LogP contribution in [0, 0.1) is 0 Å². The SMILES string of the molecule is O=C(CSC1=N/C(=C/c2cccc(Cl)c2Cl)C(=O)N1c1ccccc1)c1c([O-])on[n+]1-c1ccccc1. The van der Waals surface area contributed by atoms with Crippen LogP contribution >= 0.6 is 35.0 Å². The number of anilines is 1. The number of hydrogen-bond donors (Lipinski definition) is 0. The zero-order valence-electron chi connectivity index (χ0n) is 18.9. The molecule has 0 saturated carbocycles. The van der Waals surface area contributed by atoms with E-state index in [1.165, 1.54) is 4.90 Å². The van der Waals surface area contributed by atoms with E-state index in [9.17, 15) is 14.7 Å². The van der Waals surface area contributed by atoms with E-state index >= 15 is 0 Å². The van der Waals surface area contributed by atoms with Crippen LogP contribution in [0.3, 0.4) is 0 Å². The molecule has 0 aliphatic carbocycles. The summed E-state index contributed by atoms with van der Waals surface area (Å²) in [5, 5.41) is 16.9. The largest absolute Gasteiger partial charge is 0.539 e. The molecule has 0 bridgehead atoms. The number of thioether (sulfide) groups is 1. The Morgan fingerprint density at radius 2 is 1.73 bits per heavy atom. The molecule has 3 aromatic carbocycles. The third-order valence-electron chi connectivity index (χ3n) is 5.33. The van der Waals surface area contributed by atoms with Crippen LogP contribution in [0.25, 0.3) is 11.8 Å². The summed E-state index contributed by atoms with van der Waals surface area (Å²) < 4.78 is 5.92. The van der Waals surface area contributed by atoms with Crippen LogP contribution in [0.15, 0.2) is 94.1 Å². The first kappa shape index (κ1) is 24.8. The Kier molecular flexibility index (Phi) is 7.09. The molecule has 1 amide bonds. The lowest BCUT2D eigenvalue weighted by Gasteiger charge is -2.17. The van der Waals surface area contributed by atoms with Gasteiger partial charge in [-0.2, -0.15) is 0 Å². The Labute approximate surface area is 225 Å². The highest BCUT2D eigenvalue weighted by Gasteiger charge is 2.34. The van der Waals surface area contributed by atoms with Gasteiger partial charge in [0, 0.05) is 12.1 Å². The van der Waals surface area contributed by atoms with Crippen molar-refractivity contribution in [3.05, 3.63) is 106 Å². The van der Waals surface area contributed by atoms with E-state index in [0.29, 0.717) is 27.0 Å². The highest BCUT2D eigenvalue weighted by atomic mass is 35.5. The minimum Gasteiger partial charge on any atom is -0.539 e. The van der Waals surface area contributed by atoms with Gasteiger partial charge in [-0.15, -0.1) is 0 Å². The van der Waals surface area contributed by atoms with E-state index in [-0.39, 0.29) is 22.3 Å². The van der Waals surface area contributed by atoms with Crippen molar-refractivity contribution in [3.8, 4) is 11.6 Å². The van der Waals surface area contributed by atoms with E-state index in [4.69, 9.17) is 27.7 Å². The summed E-state index contributed by atoms with van der Waals surface area (Å²) in [5.41, 5.74) is 1.50. The monoisotopic (exact) mass is 550 g/mol. The van der Waals surface area contributed by atoms with Crippen LogP contribution in [-0.2, 0) is 4.79 Å². The number of carbonyl (C=O) groups excluding carboxylic acids is 2. The summed E-state index contributed by atoms with van der Waals surface area (Å²) in [5.74, 6) is -1.97. The molecule has 184 valence electrons. The van der Waals surface area contributed by atoms with Crippen molar-refractivity contribution >= 4 is 63.6 Å². The van der Waals surface area contributed by atoms with Crippen molar-refractivity contribution in [2.45, 2.75) is 0 Å². The van der Waals surface area contributed by atoms with Crippen molar-refractivity contribution < 1.29 is 23.9 Å². The summed E-state index contributed by atoms with van der Waals surface area (Å²) >= 11 is 13.4. The molecular formula is C26H16Cl2N4O4S. The lowest BCUT2D eigenvalue weighted by molar-refractivity contribution is -0.672. The van der Waals surface area contributed by atoms with Gasteiger partial charge >= 0.3 is 5.69 Å². The fourth-order valence-corrected chi connectivity index (χ4v) is 4.84. The fourth-order valence-electron chi connectivity index (χ4n) is 3.60. The van der Waals surface area contributed by atoms with E-state index in [1.54, 1.807) is 78.9 Å². The molecule has 2 heterocycles. The minimum atomic E-state index is -0.852. The lowest BCUT2D eigenvalue weighted by Crippen LogP contribution is -2.39. The molecule has 1 aliphatic heterocycles. The standard InChI is InChI=1S/C26H16Cl2N4O4S/c27-19-13-7-8-16(22(19)28)14-20-24(34)31(17-9-3-1-4-10-17)26(29-20)37-15-21(33)23-25(35)36-30-32(23)18-11-5-2-6-12-18/h1-14H,15H2/b20-14+. The number of rotatable bonds is 6. The molecular weight excluding hydrogens is 535 g/mol. The first-order valence-electron chi connectivity index (χ1n) is 10.9. The zero-order valence-corrected chi connectivity index (χ0v) is 21.2. The van der Waals surface area contributed by atoms with Crippen LogP contribution in [-0.4, -0.2) is 27.9 Å². The quantitative estimate of drug-likeness (QED) is 0.196. The van der Waals surface area contributed by atoms with Crippen molar-refractivity contribution in [3.63, 3.8) is 0 Å². The number of ketones is 1. The molecule has 0 unspecified atom stereocenters. The van der Waals surface area contributed by atoms with Crippen molar-refractivity contribution in [1.29, 1.82) is 0 Å². The number of amides is 1. The first-order valence-corrected chi connectivity index (χ1v) is 12.6. The molecule has 0 N–H and O–H groups in total. The Bertz CT molecular complexity index is 1560. The number of carbonyl (C=O) groups is 2. The number of aromatic nitrogens is 2. The van der Waals surface area contributed by atoms with Gasteiger partial charge in [-0.25, -0.2) is 4.99 Å². The number of halogens is 2. The number of hydrogen-bond acceptors (Lipinski definition) is 7. The number of benzene rings is 3. The second-order valence-electron chi connectivity index (χ2n) is 7.71. The summed E-state index contributed by atoms with van der Waals surface area (Å²) in [6.45, 7) is 0. The summed E-state index contributed by atoms with van der Waals surface area (Å²) in [4.78, 5) is 32.4. The Morgan fingerprint density at radius 1 is 1.03 bits per heavy atom. The minimum absolute atomic E-state index is 0.122. The molecule has 0 saturated heterocycles. The second-order valence-corrected chi connectivity index (χ2v) is 9.44. The molecule has 0 atom stereocenters. The molecule has 1 aromatic heterocycles. The van der Waals surface area contributed by atoms with E-state index in [0.717, 1.165) is 16.4 Å². The topological polar surface area (TPSA) is 103 Å². The lowest BCUT2D eigenvalue weighted by atomic mass is 10.2. The molecule has 37 heavy (non-hydrogen) atoms. The van der Waals surface area contributed by atoms with E-state index in [1.807, 2.05) is 6.07 Å². The summed E-state index contributed by atoms with van der Waals surface area (Å²) in [6, 6.07) is 22.7. The van der Waals surface area contributed by atoms with Crippen molar-refractivity contribution in [1.82, 2.24) is 5.27 Å². The van der Waals surface area contributed by atoms with Gasteiger partial charge in [0.2, 0.25) is 11.5 Å². The summed E-state index contributed by atoms with van der Waals surface area (Å²) in [7, 11) is 0. The van der Waals surface area contributed by atoms with Gasteiger partial charge in [0.25, 0.3) is 5.91 Å². The normalized spacial score (nSPS) is 14.3. The molecule has 0 spiro atoms. The highest BCUT2D eigenvalue weighted by molar-refractivity contribution is 8.14. The molecule has 8 nitrogen and oxygen atoms in total. The third kappa shape index (κ3) is 5.01. The number of para-hydroxylation sites is 2. The number of nitrogens with zero attached hydrogens (tertiary/aromatic N) is 4. The number of amidine groups is 1. The third-order valence-corrected chi connectivity index (χ3v) is 7.10. The molecule has 0 fully saturated rings. The van der Waals surface area contributed by atoms with Gasteiger partial charge in [0.15, 0.2) is 11.1 Å². The van der Waals surface area contributed by atoms with E-state index < -0.39 is 17.6 Å². The smallest absolute Gasteiger partial charge is 0.307 e. The van der Waals surface area contributed by atoms with E-state index in [2.05, 4.69) is 10.3 Å². The van der Waals surface area contributed by atoms with Gasteiger partial charge in [0.05, 0.1) is 26.8 Å². The number of Topliss-reactive ketones (excluding diaryl/α,β-unsaturated/α-hetero) is 1. The Hall–Kier alpha value is -3.92. The van der Waals surface area contributed by atoms with Gasteiger partial charge in [-0.3, -0.25) is 14.5 Å². The average molecular weight is 551 g/mol. The maximum absolute atomic E-state index is 13.4. The highest BCUT2D eigenvalue weighted by Crippen LogP contribution is 2.32. The maximum Gasteiger partial charge on any atom is 0.307 e. The van der Waals surface area contributed by atoms with Crippen molar-refractivity contribution in [2.24, 2.45) is 4.99 Å². The first-order chi connectivity index (χ1) is 17.9. The van der Waals surface area contributed by atoms with Crippen LogP contribution in [0.1, 0.15) is 16.1 Å². The zero-order chi connectivity index (χ0) is 25.9. The Balaban J connectivity index is 1.46. The number of aliphatic imine (C=N–C) groups is 1. The predicted molar refractivity (Wildman–Crippen MR) is 140 cm³/mol. The van der Waals surface area contributed by atoms with Crippen LogP contribution in [0.5, 0.6) is 5.95 Å². The molecule has 5 rings (SSSR count). The second kappa shape index (κ2) is 10.6. The Morgan fingerprint density at radius 3 is 2.46 bits per heavy atom. The molecule has 0 radical (unpaired) electrons. The van der Waals surface area contributed by atoms with Crippen LogP contribution in [0.4, 0.5) is 5.69 Å². The summed E-state index contributed by atoms with van der Waals surface area (Å²) in [6.07, 6.45) is 1.54. The van der Waals surface area contributed by atoms with Crippen LogP contribution in [0.2, 0.25) is 10.0 Å². The van der Waals surface area contributed by atoms with Crippen molar-refractivity contribution in [2.75, 3.05) is 10.7 Å². The van der Waals surface area contributed by atoms with Gasteiger partial charge in [-0.1, -0.05) is 83.5 Å². The molecule has 11 heteroatoms. The van der Waals surface area contributed by atoms with Gasteiger partial charge < -0.3 is 9.63 Å². The van der Waals surface area contributed by atoms with Gasteiger partial charge in [-0.05, 0) is 34.5 Å². The fraction of sp³-hybridized carbons (Fsp3) is 0.0385. The average Bonchev–Trinajstić information content (AvgIpc) is 3.45. The maximum atomic E-state index is 13.4. The van der Waals surface area contributed by atoms with Crippen LogP contribution < -0.4 is 14.7 Å². The molecule has 4 aromatic rings.